The molecule has 1 fully saturated rings. The van der Waals surface area contributed by atoms with Crippen molar-refractivity contribution in [1.82, 2.24) is 10.2 Å². The average Bonchev–Trinajstić information content (AvgIpc) is 2.39. The number of hydrogen-bond donors (Lipinski definition) is 2. The summed E-state index contributed by atoms with van der Waals surface area (Å²) in [5.41, 5.74) is 7.91. The Bertz CT molecular complexity index is 375. The third-order valence-corrected chi connectivity index (χ3v) is 3.44. The molecule has 3 N–H and O–H groups in total. The summed E-state index contributed by atoms with van der Waals surface area (Å²) in [6.45, 7) is 6.54. The van der Waals surface area contributed by atoms with Gasteiger partial charge in [-0.05, 0) is 24.6 Å². The molecule has 1 atom stereocenters. The van der Waals surface area contributed by atoms with Crippen LogP contribution in [0.15, 0.2) is 18.2 Å². The van der Waals surface area contributed by atoms with Gasteiger partial charge in [-0.3, -0.25) is 4.90 Å². The van der Waals surface area contributed by atoms with Gasteiger partial charge in [0.1, 0.15) is 5.75 Å². The molecule has 1 aliphatic heterocycles. The zero-order valence-corrected chi connectivity index (χ0v) is 10.6. The number of nitrogens with zero attached hydrogens (tertiary/aromatic N) is 1. The standard InChI is InChI=1S/C13H21N3O/c1-10(16-7-5-15-6-8-16)11-3-4-13(17-2)12(14)9-11/h3-4,9-10,15H,5-8,14H2,1-2H3. The lowest BCUT2D eigenvalue weighted by Gasteiger charge is -2.33. The van der Waals surface area contributed by atoms with Gasteiger partial charge in [0.25, 0.3) is 0 Å². The van der Waals surface area contributed by atoms with Gasteiger partial charge in [0.05, 0.1) is 12.8 Å². The minimum absolute atomic E-state index is 0.408. The van der Waals surface area contributed by atoms with Crippen molar-refractivity contribution in [3.63, 3.8) is 0 Å². The highest BCUT2D eigenvalue weighted by Crippen LogP contribution is 2.27. The van der Waals surface area contributed by atoms with Crippen LogP contribution in [-0.4, -0.2) is 38.2 Å². The summed E-state index contributed by atoms with van der Waals surface area (Å²) in [7, 11) is 1.64. The summed E-state index contributed by atoms with van der Waals surface area (Å²) in [5.74, 6) is 0.751. The van der Waals surface area contributed by atoms with E-state index < -0.39 is 0 Å². The van der Waals surface area contributed by atoms with Crippen molar-refractivity contribution < 1.29 is 4.74 Å². The molecule has 1 aromatic rings. The van der Waals surface area contributed by atoms with Crippen molar-refractivity contribution in [2.75, 3.05) is 39.0 Å². The fourth-order valence-electron chi connectivity index (χ4n) is 2.29. The number of methoxy groups -OCH3 is 1. The molecule has 1 heterocycles. The van der Waals surface area contributed by atoms with E-state index in [-0.39, 0.29) is 0 Å². The monoisotopic (exact) mass is 235 g/mol. The zero-order chi connectivity index (χ0) is 12.3. The highest BCUT2D eigenvalue weighted by molar-refractivity contribution is 5.54. The molecule has 1 aliphatic rings. The Morgan fingerprint density at radius 3 is 2.65 bits per heavy atom. The van der Waals surface area contributed by atoms with Gasteiger partial charge in [-0.25, -0.2) is 0 Å². The second-order valence-electron chi connectivity index (χ2n) is 4.46. The smallest absolute Gasteiger partial charge is 0.141 e. The van der Waals surface area contributed by atoms with Gasteiger partial charge in [0.15, 0.2) is 0 Å². The lowest BCUT2D eigenvalue weighted by molar-refractivity contribution is 0.185. The first-order valence-electron chi connectivity index (χ1n) is 6.10. The number of piperazine rings is 1. The van der Waals surface area contributed by atoms with E-state index in [0.29, 0.717) is 11.7 Å². The Morgan fingerprint density at radius 1 is 1.35 bits per heavy atom. The van der Waals surface area contributed by atoms with Crippen molar-refractivity contribution in [2.24, 2.45) is 0 Å². The number of benzene rings is 1. The van der Waals surface area contributed by atoms with E-state index in [1.165, 1.54) is 5.56 Å². The average molecular weight is 235 g/mol. The second kappa shape index (κ2) is 5.38. The maximum atomic E-state index is 5.94. The third kappa shape index (κ3) is 2.70. The number of nitrogen functional groups attached to an aromatic ring is 1. The molecule has 0 amide bonds. The summed E-state index contributed by atoms with van der Waals surface area (Å²) < 4.78 is 5.18. The minimum Gasteiger partial charge on any atom is -0.495 e. The molecule has 1 aromatic carbocycles. The van der Waals surface area contributed by atoms with Crippen molar-refractivity contribution in [3.8, 4) is 5.75 Å². The van der Waals surface area contributed by atoms with Crippen LogP contribution in [0.2, 0.25) is 0 Å². The molecule has 1 saturated heterocycles. The van der Waals surface area contributed by atoms with Crippen molar-refractivity contribution in [1.29, 1.82) is 0 Å². The van der Waals surface area contributed by atoms with Crippen LogP contribution in [0, 0.1) is 0 Å². The first-order valence-corrected chi connectivity index (χ1v) is 6.10. The number of nitrogens with two attached hydrogens (primary N) is 1. The number of rotatable bonds is 3. The molecule has 4 nitrogen and oxygen atoms in total. The van der Waals surface area contributed by atoms with Gasteiger partial charge in [0, 0.05) is 32.2 Å². The molecular weight excluding hydrogens is 214 g/mol. The topological polar surface area (TPSA) is 50.5 Å². The van der Waals surface area contributed by atoms with E-state index in [2.05, 4.69) is 23.2 Å². The van der Waals surface area contributed by atoms with Crippen molar-refractivity contribution >= 4 is 5.69 Å². The molecule has 0 aromatic heterocycles. The van der Waals surface area contributed by atoms with Crippen molar-refractivity contribution in [3.05, 3.63) is 23.8 Å². The molecule has 0 spiro atoms. The van der Waals surface area contributed by atoms with Gasteiger partial charge in [-0.1, -0.05) is 6.07 Å². The first-order chi connectivity index (χ1) is 8.22. The van der Waals surface area contributed by atoms with Crippen LogP contribution >= 0.6 is 0 Å². The van der Waals surface area contributed by atoms with Crippen LogP contribution in [0.5, 0.6) is 5.75 Å². The van der Waals surface area contributed by atoms with E-state index in [4.69, 9.17) is 10.5 Å². The van der Waals surface area contributed by atoms with Crippen LogP contribution in [0.3, 0.4) is 0 Å². The van der Waals surface area contributed by atoms with Crippen molar-refractivity contribution in [2.45, 2.75) is 13.0 Å². The normalized spacial score (nSPS) is 18.9. The fourth-order valence-corrected chi connectivity index (χ4v) is 2.29. The lowest BCUT2D eigenvalue weighted by Crippen LogP contribution is -2.44. The van der Waals surface area contributed by atoms with E-state index in [1.54, 1.807) is 7.11 Å². The van der Waals surface area contributed by atoms with Crippen LogP contribution in [-0.2, 0) is 0 Å². The number of hydrogen-bond acceptors (Lipinski definition) is 4. The van der Waals surface area contributed by atoms with Gasteiger partial charge in [-0.15, -0.1) is 0 Å². The summed E-state index contributed by atoms with van der Waals surface area (Å²) in [6, 6.07) is 6.47. The SMILES string of the molecule is COc1ccc(C(C)N2CCNCC2)cc1N. The van der Waals surface area contributed by atoms with Crippen LogP contribution < -0.4 is 15.8 Å². The maximum Gasteiger partial charge on any atom is 0.141 e. The van der Waals surface area contributed by atoms with Gasteiger partial charge in [-0.2, -0.15) is 0 Å². The number of ether oxygens (including phenoxy) is 1. The zero-order valence-electron chi connectivity index (χ0n) is 10.6. The van der Waals surface area contributed by atoms with E-state index in [0.717, 1.165) is 31.9 Å². The van der Waals surface area contributed by atoms with Gasteiger partial charge in [0.2, 0.25) is 0 Å². The van der Waals surface area contributed by atoms with Gasteiger partial charge < -0.3 is 15.8 Å². The second-order valence-corrected chi connectivity index (χ2v) is 4.46. The molecule has 17 heavy (non-hydrogen) atoms. The Hall–Kier alpha value is -1.26. The Morgan fingerprint density at radius 2 is 2.06 bits per heavy atom. The summed E-state index contributed by atoms with van der Waals surface area (Å²) in [6.07, 6.45) is 0. The van der Waals surface area contributed by atoms with Crippen LogP contribution in [0.25, 0.3) is 0 Å². The molecule has 2 rings (SSSR count). The fraction of sp³-hybridized carbons (Fsp3) is 0.538. The molecule has 0 aliphatic carbocycles. The predicted octanol–water partition coefficient (Wildman–Crippen LogP) is 1.24. The molecule has 0 radical (unpaired) electrons. The largest absolute Gasteiger partial charge is 0.495 e. The van der Waals surface area contributed by atoms with E-state index >= 15 is 0 Å². The Labute approximate surface area is 103 Å². The summed E-state index contributed by atoms with van der Waals surface area (Å²) in [5, 5.41) is 3.36. The van der Waals surface area contributed by atoms with E-state index in [1.807, 2.05) is 12.1 Å². The van der Waals surface area contributed by atoms with E-state index in [9.17, 15) is 0 Å². The van der Waals surface area contributed by atoms with Gasteiger partial charge >= 0.3 is 0 Å². The maximum absolute atomic E-state index is 5.94. The molecule has 94 valence electrons. The lowest BCUT2D eigenvalue weighted by atomic mass is 10.1. The molecule has 0 bridgehead atoms. The Balaban J connectivity index is 2.12. The first kappa shape index (κ1) is 12.2. The molecule has 0 saturated carbocycles. The third-order valence-electron chi connectivity index (χ3n) is 3.44. The van der Waals surface area contributed by atoms with Crippen LogP contribution in [0.1, 0.15) is 18.5 Å². The highest BCUT2D eigenvalue weighted by atomic mass is 16.5. The Kier molecular flexibility index (Phi) is 3.86. The quantitative estimate of drug-likeness (QED) is 0.774. The highest BCUT2D eigenvalue weighted by Gasteiger charge is 2.18. The summed E-state index contributed by atoms with van der Waals surface area (Å²) >= 11 is 0. The summed E-state index contributed by atoms with van der Waals surface area (Å²) in [4.78, 5) is 2.47. The molecule has 1 unspecified atom stereocenters. The molecular formula is C13H21N3O. The van der Waals surface area contributed by atoms with Crippen LogP contribution in [0.4, 0.5) is 5.69 Å². The number of nitrogens with one attached hydrogen (secondary N) is 1. The minimum atomic E-state index is 0.408. The predicted molar refractivity (Wildman–Crippen MR) is 70.3 cm³/mol. The number of anilines is 1. The molecule has 4 heteroatoms.